The molecule has 2 rings (SSSR count). The zero-order valence-corrected chi connectivity index (χ0v) is 15.4. The van der Waals surface area contributed by atoms with E-state index in [4.69, 9.17) is 0 Å². The number of amides is 1. The summed E-state index contributed by atoms with van der Waals surface area (Å²) in [7, 11) is -0.669. The second-order valence-electron chi connectivity index (χ2n) is 5.70. The van der Waals surface area contributed by atoms with Gasteiger partial charge in [0.15, 0.2) is 0 Å². The number of anilines is 2. The fourth-order valence-corrected chi connectivity index (χ4v) is 3.05. The molecule has 8 nitrogen and oxygen atoms in total. The van der Waals surface area contributed by atoms with E-state index >= 15 is 0 Å². The Morgan fingerprint density at radius 1 is 1.24 bits per heavy atom. The van der Waals surface area contributed by atoms with Crippen LogP contribution in [0.15, 0.2) is 35.4 Å². The molecule has 2 aromatic rings. The van der Waals surface area contributed by atoms with Crippen LogP contribution in [0.1, 0.15) is 30.3 Å². The van der Waals surface area contributed by atoms with E-state index in [1.165, 1.54) is 32.4 Å². The van der Waals surface area contributed by atoms with Crippen LogP contribution < -0.4 is 10.6 Å². The summed E-state index contributed by atoms with van der Waals surface area (Å²) < 4.78 is 25.8. The molecule has 0 unspecified atom stereocenters. The van der Waals surface area contributed by atoms with Gasteiger partial charge in [-0.3, -0.25) is 9.89 Å². The number of carbonyl (C=O) groups excluding carboxylic acids is 1. The predicted octanol–water partition coefficient (Wildman–Crippen LogP) is 2.12. The number of hydrogen-bond donors (Lipinski definition) is 3. The maximum absolute atomic E-state index is 12.3. The highest BCUT2D eigenvalue weighted by molar-refractivity contribution is 7.89. The first kappa shape index (κ1) is 18.9. The first-order chi connectivity index (χ1) is 11.9. The van der Waals surface area contributed by atoms with Gasteiger partial charge in [-0.15, -0.1) is 0 Å². The van der Waals surface area contributed by atoms with Crippen molar-refractivity contribution < 1.29 is 13.2 Å². The Bertz CT molecular complexity index is 816. The number of benzene rings is 1. The quantitative estimate of drug-likeness (QED) is 0.621. The van der Waals surface area contributed by atoms with Gasteiger partial charge in [0.1, 0.15) is 5.69 Å². The van der Waals surface area contributed by atoms with Crippen LogP contribution in [0, 0.1) is 0 Å². The fraction of sp³-hybridized carbons (Fsp3) is 0.375. The Morgan fingerprint density at radius 2 is 2.00 bits per heavy atom. The zero-order chi connectivity index (χ0) is 18.4. The SMILES string of the molecule is CCCCNc1ccc(S(=O)(=O)N(C)C)cc1NC(=O)c1ccn[nH]1. The topological polar surface area (TPSA) is 107 Å². The lowest BCUT2D eigenvalue weighted by atomic mass is 10.2. The van der Waals surface area contributed by atoms with Crippen molar-refractivity contribution in [3.63, 3.8) is 0 Å². The summed E-state index contributed by atoms with van der Waals surface area (Å²) in [6.07, 6.45) is 3.46. The van der Waals surface area contributed by atoms with Gasteiger partial charge < -0.3 is 10.6 Å². The van der Waals surface area contributed by atoms with Crippen molar-refractivity contribution >= 4 is 27.3 Å². The summed E-state index contributed by atoms with van der Waals surface area (Å²) in [5.74, 6) is -0.393. The largest absolute Gasteiger partial charge is 0.383 e. The molecule has 1 aromatic heterocycles. The van der Waals surface area contributed by atoms with Gasteiger partial charge in [0.05, 0.1) is 16.3 Å². The smallest absolute Gasteiger partial charge is 0.273 e. The molecule has 0 spiro atoms. The Kier molecular flexibility index (Phi) is 6.16. The van der Waals surface area contributed by atoms with Gasteiger partial charge in [0.25, 0.3) is 5.91 Å². The van der Waals surface area contributed by atoms with E-state index in [1.807, 2.05) is 0 Å². The van der Waals surface area contributed by atoms with E-state index in [1.54, 1.807) is 12.1 Å². The molecule has 0 radical (unpaired) electrons. The van der Waals surface area contributed by atoms with Crippen LogP contribution in [0.2, 0.25) is 0 Å². The summed E-state index contributed by atoms with van der Waals surface area (Å²) >= 11 is 0. The number of H-pyrrole nitrogens is 1. The molecular formula is C16H23N5O3S. The van der Waals surface area contributed by atoms with Crippen molar-refractivity contribution in [3.8, 4) is 0 Å². The van der Waals surface area contributed by atoms with Crippen molar-refractivity contribution in [2.24, 2.45) is 0 Å². The van der Waals surface area contributed by atoms with Crippen LogP contribution in [0.4, 0.5) is 11.4 Å². The van der Waals surface area contributed by atoms with Crippen molar-refractivity contribution in [2.75, 3.05) is 31.3 Å². The highest BCUT2D eigenvalue weighted by Gasteiger charge is 2.20. The second kappa shape index (κ2) is 8.13. The average Bonchev–Trinajstić information content (AvgIpc) is 3.10. The molecule has 0 fully saturated rings. The number of nitrogens with one attached hydrogen (secondary N) is 3. The summed E-state index contributed by atoms with van der Waals surface area (Å²) in [4.78, 5) is 12.4. The van der Waals surface area contributed by atoms with Crippen LogP contribution in [0.5, 0.6) is 0 Å². The number of aromatic nitrogens is 2. The van der Waals surface area contributed by atoms with Crippen molar-refractivity contribution in [3.05, 3.63) is 36.2 Å². The molecule has 0 aliphatic rings. The van der Waals surface area contributed by atoms with E-state index in [0.717, 1.165) is 23.7 Å². The van der Waals surface area contributed by atoms with Gasteiger partial charge in [-0.05, 0) is 30.7 Å². The number of aromatic amines is 1. The van der Waals surface area contributed by atoms with Crippen molar-refractivity contribution in [1.82, 2.24) is 14.5 Å². The van der Waals surface area contributed by atoms with Gasteiger partial charge in [0.2, 0.25) is 10.0 Å². The summed E-state index contributed by atoms with van der Waals surface area (Å²) in [5, 5.41) is 12.3. The number of unbranched alkanes of at least 4 members (excludes halogenated alkanes) is 1. The van der Waals surface area contributed by atoms with E-state index in [9.17, 15) is 13.2 Å². The molecule has 1 aromatic carbocycles. The van der Waals surface area contributed by atoms with Crippen LogP contribution in [0.25, 0.3) is 0 Å². The van der Waals surface area contributed by atoms with Gasteiger partial charge in [-0.25, -0.2) is 12.7 Å². The lowest BCUT2D eigenvalue weighted by Gasteiger charge is -2.16. The molecule has 136 valence electrons. The van der Waals surface area contributed by atoms with Crippen molar-refractivity contribution in [1.29, 1.82) is 0 Å². The van der Waals surface area contributed by atoms with Crippen LogP contribution in [-0.4, -0.2) is 49.5 Å². The predicted molar refractivity (Wildman–Crippen MR) is 97.3 cm³/mol. The number of carbonyl (C=O) groups is 1. The summed E-state index contributed by atoms with van der Waals surface area (Å²) in [6, 6.07) is 6.18. The number of hydrogen-bond acceptors (Lipinski definition) is 5. The van der Waals surface area contributed by atoms with Crippen molar-refractivity contribution in [2.45, 2.75) is 24.7 Å². The van der Waals surface area contributed by atoms with E-state index in [2.05, 4.69) is 27.8 Å². The first-order valence-electron chi connectivity index (χ1n) is 7.97. The zero-order valence-electron chi connectivity index (χ0n) is 14.5. The lowest BCUT2D eigenvalue weighted by Crippen LogP contribution is -2.23. The van der Waals surface area contributed by atoms with Crippen LogP contribution in [-0.2, 0) is 10.0 Å². The Hall–Kier alpha value is -2.39. The third kappa shape index (κ3) is 4.58. The van der Waals surface area contributed by atoms with Gasteiger partial charge >= 0.3 is 0 Å². The normalized spacial score (nSPS) is 11.5. The highest BCUT2D eigenvalue weighted by Crippen LogP contribution is 2.27. The molecule has 0 aliphatic carbocycles. The number of nitrogens with zero attached hydrogens (tertiary/aromatic N) is 2. The third-order valence-electron chi connectivity index (χ3n) is 3.61. The molecular weight excluding hydrogens is 342 g/mol. The molecule has 0 saturated carbocycles. The maximum atomic E-state index is 12.3. The summed E-state index contributed by atoms with van der Waals surface area (Å²) in [6.45, 7) is 2.80. The molecule has 9 heteroatoms. The lowest BCUT2D eigenvalue weighted by molar-refractivity contribution is 0.102. The molecule has 25 heavy (non-hydrogen) atoms. The van der Waals surface area contributed by atoms with Crippen LogP contribution in [0.3, 0.4) is 0 Å². The van der Waals surface area contributed by atoms with E-state index in [0.29, 0.717) is 17.1 Å². The second-order valence-corrected chi connectivity index (χ2v) is 7.85. The Morgan fingerprint density at radius 3 is 2.60 bits per heavy atom. The van der Waals surface area contributed by atoms with Gasteiger partial charge in [-0.2, -0.15) is 5.10 Å². The summed E-state index contributed by atoms with van der Waals surface area (Å²) in [5.41, 5.74) is 1.36. The maximum Gasteiger partial charge on any atom is 0.273 e. The van der Waals surface area contributed by atoms with Gasteiger partial charge in [0, 0.05) is 26.8 Å². The van der Waals surface area contributed by atoms with E-state index < -0.39 is 15.9 Å². The molecule has 0 atom stereocenters. The average molecular weight is 365 g/mol. The minimum Gasteiger partial charge on any atom is -0.383 e. The highest BCUT2D eigenvalue weighted by atomic mass is 32.2. The molecule has 0 aliphatic heterocycles. The molecule has 0 saturated heterocycles. The molecule has 0 bridgehead atoms. The number of sulfonamides is 1. The first-order valence-corrected chi connectivity index (χ1v) is 9.41. The Labute approximate surface area is 147 Å². The molecule has 1 amide bonds. The fourth-order valence-electron chi connectivity index (χ4n) is 2.12. The standard InChI is InChI=1S/C16H23N5O3S/c1-4-5-9-17-13-7-6-12(25(23,24)21(2)3)11-15(13)19-16(22)14-8-10-18-20-14/h6-8,10-11,17H,4-5,9H2,1-3H3,(H,18,20)(H,19,22). The van der Waals surface area contributed by atoms with E-state index in [-0.39, 0.29) is 4.90 Å². The molecule has 1 heterocycles. The van der Waals surface area contributed by atoms with Gasteiger partial charge in [-0.1, -0.05) is 13.3 Å². The van der Waals surface area contributed by atoms with Crippen LogP contribution >= 0.6 is 0 Å². The molecule has 3 N–H and O–H groups in total. The third-order valence-corrected chi connectivity index (χ3v) is 5.42. The monoisotopic (exact) mass is 365 g/mol. The Balaban J connectivity index is 2.35. The minimum absolute atomic E-state index is 0.110. The minimum atomic E-state index is -3.60. The number of rotatable bonds is 8.